The lowest BCUT2D eigenvalue weighted by molar-refractivity contribution is -0.140. The second kappa shape index (κ2) is 8.78. The Bertz CT molecular complexity index is 1470. The number of benzene rings is 2. The Kier molecular flexibility index (Phi) is 6.00. The summed E-state index contributed by atoms with van der Waals surface area (Å²) in [6.45, 7) is 0.0669. The topological polar surface area (TPSA) is 103 Å². The van der Waals surface area contributed by atoms with Gasteiger partial charge in [0.25, 0.3) is 5.91 Å². The van der Waals surface area contributed by atoms with Crippen LogP contribution in [0.5, 0.6) is 5.75 Å². The molecule has 0 radical (unpaired) electrons. The number of carbonyl (C=O) groups is 1. The summed E-state index contributed by atoms with van der Waals surface area (Å²) in [7, 11) is -3.28. The second-order valence-electron chi connectivity index (χ2n) is 7.17. The van der Waals surface area contributed by atoms with Crippen LogP contribution in [-0.4, -0.2) is 35.8 Å². The smallest absolute Gasteiger partial charge is 0.417 e. The van der Waals surface area contributed by atoms with Crippen molar-refractivity contribution in [2.24, 2.45) is 0 Å². The summed E-state index contributed by atoms with van der Waals surface area (Å²) in [6.07, 6.45) is 1.23. The van der Waals surface area contributed by atoms with E-state index in [9.17, 15) is 26.4 Å². The van der Waals surface area contributed by atoms with Gasteiger partial charge in [-0.05, 0) is 35.9 Å². The third-order valence-corrected chi connectivity index (χ3v) is 6.80. The molecule has 0 unspecified atom stereocenters. The molecule has 0 atom stereocenters. The van der Waals surface area contributed by atoms with Crippen LogP contribution in [0.15, 0.2) is 77.0 Å². The van der Waals surface area contributed by atoms with Crippen molar-refractivity contribution in [3.05, 3.63) is 83.9 Å². The van der Waals surface area contributed by atoms with E-state index in [1.807, 2.05) is 0 Å². The van der Waals surface area contributed by atoms with Crippen LogP contribution >= 0.6 is 0 Å². The minimum atomic E-state index is -4.89. The molecule has 2 aromatic carbocycles. The Balaban J connectivity index is 1.52. The van der Waals surface area contributed by atoms with Crippen LogP contribution in [0, 0.1) is 0 Å². The molecule has 2 aromatic heterocycles. The van der Waals surface area contributed by atoms with E-state index in [0.717, 1.165) is 12.1 Å². The van der Waals surface area contributed by atoms with Gasteiger partial charge in [-0.1, -0.05) is 12.1 Å². The number of methoxy groups -OCH3 is 1. The van der Waals surface area contributed by atoms with Gasteiger partial charge in [0.1, 0.15) is 5.75 Å². The third kappa shape index (κ3) is 4.57. The highest BCUT2D eigenvalue weighted by Gasteiger charge is 2.38. The molecule has 176 valence electrons. The number of imidazole rings is 1. The Morgan fingerprint density at radius 1 is 1.12 bits per heavy atom. The van der Waals surface area contributed by atoms with Gasteiger partial charge in [0.15, 0.2) is 0 Å². The number of halogens is 3. The summed E-state index contributed by atoms with van der Waals surface area (Å²) in [5.41, 5.74) is -0.467. The second-order valence-corrected chi connectivity index (χ2v) is 9.09. The van der Waals surface area contributed by atoms with Gasteiger partial charge in [-0.25, -0.2) is 18.4 Å². The normalized spacial score (nSPS) is 12.0. The van der Waals surface area contributed by atoms with Crippen molar-refractivity contribution in [2.45, 2.75) is 22.5 Å². The predicted molar refractivity (Wildman–Crippen MR) is 114 cm³/mol. The van der Waals surface area contributed by atoms with E-state index in [0.29, 0.717) is 23.0 Å². The maximum absolute atomic E-state index is 13.5. The number of carbonyl (C=O) groups excluding carboxylic acids is 1. The molecular formula is C22H17F3N4O4S. The van der Waals surface area contributed by atoms with Crippen LogP contribution in [0.4, 0.5) is 13.2 Å². The maximum Gasteiger partial charge on any atom is 0.417 e. The van der Waals surface area contributed by atoms with Crippen molar-refractivity contribution < 1.29 is 31.1 Å². The van der Waals surface area contributed by atoms with Crippen LogP contribution in [0.2, 0.25) is 0 Å². The number of nitrogens with one attached hydrogen (secondary N) is 1. The van der Waals surface area contributed by atoms with E-state index in [-0.39, 0.29) is 17.2 Å². The molecule has 1 amide bonds. The molecular weight excluding hydrogens is 473 g/mol. The highest BCUT2D eigenvalue weighted by Crippen LogP contribution is 2.38. The van der Waals surface area contributed by atoms with Crippen molar-refractivity contribution in [1.29, 1.82) is 0 Å². The highest BCUT2D eigenvalue weighted by atomic mass is 32.2. The number of fused-ring (bicyclic) bond motifs is 1. The lowest BCUT2D eigenvalue weighted by Crippen LogP contribution is -2.23. The van der Waals surface area contributed by atoms with Crippen LogP contribution in [0.1, 0.15) is 21.5 Å². The minimum absolute atomic E-state index is 0.0669. The lowest BCUT2D eigenvalue weighted by Gasteiger charge is -2.15. The fourth-order valence-electron chi connectivity index (χ4n) is 3.22. The minimum Gasteiger partial charge on any atom is -0.497 e. The molecule has 4 aromatic rings. The average molecular weight is 490 g/mol. The van der Waals surface area contributed by atoms with Crippen molar-refractivity contribution in [3.63, 3.8) is 0 Å². The molecule has 0 bridgehead atoms. The summed E-state index contributed by atoms with van der Waals surface area (Å²) in [5.74, 6) is -0.0773. The number of hydrogen-bond acceptors (Lipinski definition) is 6. The Morgan fingerprint density at radius 2 is 1.85 bits per heavy atom. The highest BCUT2D eigenvalue weighted by molar-refractivity contribution is 7.91. The average Bonchev–Trinajstić information content (AvgIpc) is 3.30. The molecule has 8 nitrogen and oxygen atoms in total. The van der Waals surface area contributed by atoms with Gasteiger partial charge in [0.05, 0.1) is 28.0 Å². The van der Waals surface area contributed by atoms with Crippen molar-refractivity contribution in [2.75, 3.05) is 7.11 Å². The molecule has 0 fully saturated rings. The zero-order valence-electron chi connectivity index (χ0n) is 17.6. The Hall–Kier alpha value is -3.93. The fourth-order valence-corrected chi connectivity index (χ4v) is 4.68. The SMILES string of the molecule is COc1ccc(S(=O)(=O)c2ccc(CNC(=O)c3cnc4nccn4c3)cc2)c(C(F)(F)F)c1. The number of nitrogens with zero attached hydrogens (tertiary/aromatic N) is 3. The number of rotatable bonds is 6. The van der Waals surface area contributed by atoms with Gasteiger partial charge in [-0.3, -0.25) is 9.20 Å². The monoisotopic (exact) mass is 490 g/mol. The number of amides is 1. The quantitative estimate of drug-likeness (QED) is 0.444. The van der Waals surface area contributed by atoms with E-state index in [1.165, 1.54) is 37.6 Å². The van der Waals surface area contributed by atoms with Crippen molar-refractivity contribution in [1.82, 2.24) is 19.7 Å². The zero-order chi connectivity index (χ0) is 24.5. The first-order chi connectivity index (χ1) is 16.1. The van der Waals surface area contributed by atoms with Crippen molar-refractivity contribution in [3.8, 4) is 5.75 Å². The molecule has 0 aliphatic rings. The lowest BCUT2D eigenvalue weighted by atomic mass is 10.2. The molecule has 0 saturated carbocycles. The van der Waals surface area contributed by atoms with Gasteiger partial charge in [-0.2, -0.15) is 13.2 Å². The largest absolute Gasteiger partial charge is 0.497 e. The first-order valence-electron chi connectivity index (χ1n) is 9.76. The molecule has 34 heavy (non-hydrogen) atoms. The number of sulfone groups is 1. The van der Waals surface area contributed by atoms with Crippen LogP contribution in [0.3, 0.4) is 0 Å². The summed E-state index contributed by atoms with van der Waals surface area (Å²) in [4.78, 5) is 19.2. The molecule has 0 aliphatic heterocycles. The van der Waals surface area contributed by atoms with Gasteiger partial charge in [0, 0.05) is 31.3 Å². The number of hydrogen-bond donors (Lipinski definition) is 1. The van der Waals surface area contributed by atoms with Crippen LogP contribution in [0.25, 0.3) is 5.78 Å². The summed E-state index contributed by atoms with van der Waals surface area (Å²) >= 11 is 0. The molecule has 2 heterocycles. The van der Waals surface area contributed by atoms with E-state index in [2.05, 4.69) is 15.3 Å². The third-order valence-electron chi connectivity index (χ3n) is 4.98. The number of alkyl halides is 3. The zero-order valence-corrected chi connectivity index (χ0v) is 18.4. The van der Waals surface area contributed by atoms with Crippen LogP contribution < -0.4 is 10.1 Å². The Morgan fingerprint density at radius 3 is 2.53 bits per heavy atom. The molecule has 0 spiro atoms. The molecule has 1 N–H and O–H groups in total. The number of ether oxygens (including phenoxy) is 1. The van der Waals surface area contributed by atoms with E-state index < -0.39 is 32.4 Å². The molecule has 0 saturated heterocycles. The van der Waals surface area contributed by atoms with Crippen LogP contribution in [-0.2, 0) is 22.6 Å². The van der Waals surface area contributed by atoms with E-state index in [1.54, 1.807) is 23.0 Å². The van der Waals surface area contributed by atoms with E-state index in [4.69, 9.17) is 4.74 Å². The van der Waals surface area contributed by atoms with E-state index >= 15 is 0 Å². The van der Waals surface area contributed by atoms with Gasteiger partial charge in [-0.15, -0.1) is 0 Å². The summed E-state index contributed by atoms with van der Waals surface area (Å²) in [5, 5.41) is 2.68. The summed E-state index contributed by atoms with van der Waals surface area (Å²) in [6, 6.07) is 7.90. The molecule has 4 rings (SSSR count). The number of aromatic nitrogens is 3. The van der Waals surface area contributed by atoms with Crippen molar-refractivity contribution >= 4 is 21.5 Å². The molecule has 12 heteroatoms. The van der Waals surface area contributed by atoms with Gasteiger partial charge >= 0.3 is 6.18 Å². The fraction of sp³-hybridized carbons (Fsp3) is 0.136. The Labute approximate surface area is 192 Å². The van der Waals surface area contributed by atoms with Gasteiger partial charge in [0.2, 0.25) is 15.6 Å². The maximum atomic E-state index is 13.5. The first kappa shape index (κ1) is 23.2. The molecule has 0 aliphatic carbocycles. The summed E-state index contributed by atoms with van der Waals surface area (Å²) < 4.78 is 72.7. The predicted octanol–water partition coefficient (Wildman–Crippen LogP) is 3.52. The van der Waals surface area contributed by atoms with Gasteiger partial charge < -0.3 is 10.1 Å². The standard InChI is InChI=1S/C22H17F3N4O4S/c1-33-16-4-7-19(18(10-16)22(23,24)25)34(31,32)17-5-2-14(3-6-17)11-27-20(30)15-12-28-21-26-8-9-29(21)13-15/h2-10,12-13H,11H2,1H3,(H,27,30). The first-order valence-corrected chi connectivity index (χ1v) is 11.2.